The van der Waals surface area contributed by atoms with Crippen molar-refractivity contribution in [3.8, 4) is 35.4 Å². The maximum Gasteiger partial charge on any atom is 0.319 e. The molecule has 0 amide bonds. The second-order valence-corrected chi connectivity index (χ2v) is 11.9. The molecule has 1 N–H and O–H groups in total. The lowest BCUT2D eigenvalue weighted by Gasteiger charge is -2.31. The van der Waals surface area contributed by atoms with Gasteiger partial charge in [-0.25, -0.2) is 22.0 Å². The number of aromatic hydroxyl groups is 1. The van der Waals surface area contributed by atoms with Gasteiger partial charge in [-0.2, -0.15) is 9.97 Å². The molecular weight excluding hydrogens is 593 g/mol. The van der Waals surface area contributed by atoms with Gasteiger partial charge in [-0.1, -0.05) is 18.1 Å². The summed E-state index contributed by atoms with van der Waals surface area (Å²) in [5, 5.41) is 11.0. The van der Waals surface area contributed by atoms with Gasteiger partial charge in [0.15, 0.2) is 5.82 Å². The van der Waals surface area contributed by atoms with E-state index in [1.807, 2.05) is 4.90 Å². The molecule has 45 heavy (non-hydrogen) atoms. The van der Waals surface area contributed by atoms with E-state index in [0.29, 0.717) is 18.4 Å². The maximum absolute atomic E-state index is 16.6. The Hall–Kier alpha value is -4.50. The molecule has 7 nitrogen and oxygen atoms in total. The number of phenolic OH excluding ortho intramolecular Hbond substituents is 1. The Morgan fingerprint density at radius 3 is 2.82 bits per heavy atom. The van der Waals surface area contributed by atoms with Crippen LogP contribution in [0.15, 0.2) is 42.6 Å². The molecule has 3 aliphatic rings. The fourth-order valence-electron chi connectivity index (χ4n) is 6.97. The first-order valence-corrected chi connectivity index (χ1v) is 14.7. The summed E-state index contributed by atoms with van der Waals surface area (Å²) in [6, 6.07) is 4.90. The monoisotopic (exact) mass is 621 g/mol. The van der Waals surface area contributed by atoms with Gasteiger partial charge in [-0.3, -0.25) is 9.88 Å². The summed E-state index contributed by atoms with van der Waals surface area (Å²) in [5.74, 6) is -2.79. The van der Waals surface area contributed by atoms with Gasteiger partial charge < -0.3 is 14.7 Å². The highest BCUT2D eigenvalue weighted by Gasteiger charge is 2.49. The maximum atomic E-state index is 16.6. The van der Waals surface area contributed by atoms with Gasteiger partial charge in [0.25, 0.3) is 5.92 Å². The molecule has 2 fully saturated rings. The average Bonchev–Trinajstić information content (AvgIpc) is 3.46. The van der Waals surface area contributed by atoms with Crippen molar-refractivity contribution in [2.45, 2.75) is 43.3 Å². The molecule has 3 aliphatic heterocycles. The van der Waals surface area contributed by atoms with E-state index < -0.39 is 35.8 Å². The van der Waals surface area contributed by atoms with Crippen LogP contribution in [0.2, 0.25) is 0 Å². The Kier molecular flexibility index (Phi) is 7.04. The van der Waals surface area contributed by atoms with Crippen molar-refractivity contribution < 1.29 is 31.8 Å². The molecule has 4 aromatic rings. The first-order chi connectivity index (χ1) is 21.6. The standard InChI is InChI=1S/C33H28F5N5O2/c1-2-22-25(35)7-6-19-12-21(44)13-23(26(19)22)28-27(36)29-24(15-39-28)30(42-10-4-3-9-33(37,38)17-42)41-31(40-29)45-18-32-8-5-11-43(32)16-20(34)14-32/h1,3,6-7,9,12-13,15,20,44H,4-5,8,10-11,14,16-18H2/t20?,32-/m0/s1. The molecule has 2 aromatic heterocycles. The van der Waals surface area contributed by atoms with E-state index in [2.05, 4.69) is 20.9 Å². The molecule has 0 bridgehead atoms. The normalized spacial score (nSPS) is 22.9. The molecule has 0 saturated carbocycles. The molecule has 232 valence electrons. The Balaban J connectivity index is 1.39. The molecule has 2 atom stereocenters. The molecule has 2 aromatic carbocycles. The van der Waals surface area contributed by atoms with Gasteiger partial charge in [-0.15, -0.1) is 6.42 Å². The first kappa shape index (κ1) is 29.2. The number of fused-ring (bicyclic) bond motifs is 3. The zero-order valence-corrected chi connectivity index (χ0v) is 24.0. The van der Waals surface area contributed by atoms with Crippen LogP contribution in [-0.2, 0) is 0 Å². The van der Waals surface area contributed by atoms with E-state index in [1.54, 1.807) is 0 Å². The molecule has 1 unspecified atom stereocenters. The van der Waals surface area contributed by atoms with Gasteiger partial charge in [-0.05, 0) is 55.5 Å². The van der Waals surface area contributed by atoms with Crippen molar-refractivity contribution in [3.05, 3.63) is 59.8 Å². The summed E-state index contributed by atoms with van der Waals surface area (Å²) in [7, 11) is 0. The van der Waals surface area contributed by atoms with Gasteiger partial charge in [0.05, 0.1) is 23.0 Å². The number of benzene rings is 2. The summed E-state index contributed by atoms with van der Waals surface area (Å²) in [4.78, 5) is 16.5. The molecule has 12 heteroatoms. The minimum atomic E-state index is -3.18. The van der Waals surface area contributed by atoms with Gasteiger partial charge >= 0.3 is 6.01 Å². The molecule has 2 saturated heterocycles. The molecule has 0 radical (unpaired) electrons. The Bertz CT molecular complexity index is 1910. The third-order valence-electron chi connectivity index (χ3n) is 8.95. The minimum absolute atomic E-state index is 0.00279. The summed E-state index contributed by atoms with van der Waals surface area (Å²) in [5.41, 5.74) is -1.24. The van der Waals surface area contributed by atoms with Crippen LogP contribution < -0.4 is 9.64 Å². The first-order valence-electron chi connectivity index (χ1n) is 14.7. The van der Waals surface area contributed by atoms with Crippen LogP contribution >= 0.6 is 0 Å². The Morgan fingerprint density at radius 2 is 2.00 bits per heavy atom. The third-order valence-corrected chi connectivity index (χ3v) is 8.95. The lowest BCUT2D eigenvalue weighted by molar-refractivity contribution is 0.0642. The number of rotatable bonds is 5. The van der Waals surface area contributed by atoms with Crippen LogP contribution in [-0.4, -0.2) is 75.4 Å². The summed E-state index contributed by atoms with van der Waals surface area (Å²) >= 11 is 0. The SMILES string of the molecule is C#Cc1c(F)ccc2cc(O)cc(-c3ncc4c(N5CCC=CC(F)(F)C5)nc(OC[C@@]56CCCN5CC(F)C6)nc4c3F)c12. The molecular formula is C33H28F5N5O2. The number of alkyl halides is 3. The molecule has 0 aliphatic carbocycles. The van der Waals surface area contributed by atoms with Crippen molar-refractivity contribution in [1.82, 2.24) is 19.9 Å². The Labute approximate surface area is 255 Å². The number of pyridine rings is 1. The predicted octanol–water partition coefficient (Wildman–Crippen LogP) is 6.17. The number of terminal acetylenes is 1. The number of ether oxygens (including phenoxy) is 1. The van der Waals surface area contributed by atoms with Crippen molar-refractivity contribution in [3.63, 3.8) is 0 Å². The smallest absolute Gasteiger partial charge is 0.319 e. The topological polar surface area (TPSA) is 74.6 Å². The quantitative estimate of drug-likeness (QED) is 0.162. The van der Waals surface area contributed by atoms with E-state index >= 15 is 4.39 Å². The van der Waals surface area contributed by atoms with Crippen LogP contribution in [0.1, 0.15) is 31.2 Å². The van der Waals surface area contributed by atoms with Crippen LogP contribution in [0.25, 0.3) is 32.9 Å². The summed E-state index contributed by atoms with van der Waals surface area (Å²) in [6.45, 7) is 0.500. The number of anilines is 1. The van der Waals surface area contributed by atoms with E-state index in [-0.39, 0.29) is 76.7 Å². The molecule has 7 rings (SSSR count). The van der Waals surface area contributed by atoms with Gasteiger partial charge in [0.2, 0.25) is 0 Å². The van der Waals surface area contributed by atoms with Crippen LogP contribution in [0, 0.1) is 24.0 Å². The third kappa shape index (κ3) is 5.09. The number of phenols is 1. The van der Waals surface area contributed by atoms with E-state index in [0.717, 1.165) is 25.1 Å². The van der Waals surface area contributed by atoms with Crippen LogP contribution in [0.4, 0.5) is 27.8 Å². The lowest BCUT2D eigenvalue weighted by atomic mass is 9.95. The highest BCUT2D eigenvalue weighted by Crippen LogP contribution is 2.42. The summed E-state index contributed by atoms with van der Waals surface area (Å²) < 4.78 is 81.2. The van der Waals surface area contributed by atoms with E-state index in [4.69, 9.17) is 11.2 Å². The van der Waals surface area contributed by atoms with Crippen LogP contribution in [0.3, 0.4) is 0 Å². The number of nitrogens with zero attached hydrogens (tertiary/aromatic N) is 5. The van der Waals surface area contributed by atoms with Crippen molar-refractivity contribution in [2.24, 2.45) is 0 Å². The predicted molar refractivity (Wildman–Crippen MR) is 159 cm³/mol. The number of hydrogen-bond acceptors (Lipinski definition) is 7. The fourth-order valence-corrected chi connectivity index (χ4v) is 6.97. The number of hydrogen-bond donors (Lipinski definition) is 1. The van der Waals surface area contributed by atoms with E-state index in [1.165, 1.54) is 35.4 Å². The van der Waals surface area contributed by atoms with Crippen LogP contribution in [0.5, 0.6) is 11.8 Å². The zero-order chi connectivity index (χ0) is 31.5. The second-order valence-electron chi connectivity index (χ2n) is 11.9. The van der Waals surface area contributed by atoms with Gasteiger partial charge in [0.1, 0.15) is 41.4 Å². The molecule has 5 heterocycles. The highest BCUT2D eigenvalue weighted by molar-refractivity contribution is 6.03. The second kappa shape index (κ2) is 10.8. The summed E-state index contributed by atoms with van der Waals surface area (Å²) in [6.07, 6.45) is 10.2. The van der Waals surface area contributed by atoms with E-state index in [9.17, 15) is 22.7 Å². The largest absolute Gasteiger partial charge is 0.508 e. The lowest BCUT2D eigenvalue weighted by Crippen LogP contribution is -2.43. The number of aromatic nitrogens is 3. The van der Waals surface area contributed by atoms with Crippen molar-refractivity contribution >= 4 is 27.5 Å². The fraction of sp³-hybridized carbons (Fsp3) is 0.364. The number of halogens is 5. The highest BCUT2D eigenvalue weighted by atomic mass is 19.3. The van der Waals surface area contributed by atoms with Crippen molar-refractivity contribution in [1.29, 1.82) is 0 Å². The Morgan fingerprint density at radius 1 is 1.16 bits per heavy atom. The zero-order valence-electron chi connectivity index (χ0n) is 24.0. The minimum Gasteiger partial charge on any atom is -0.508 e. The van der Waals surface area contributed by atoms with Crippen molar-refractivity contribution in [2.75, 3.05) is 37.7 Å². The average molecular weight is 622 g/mol. The van der Waals surface area contributed by atoms with Gasteiger partial charge in [0, 0.05) is 36.7 Å². The molecule has 0 spiro atoms.